The van der Waals surface area contributed by atoms with Gasteiger partial charge in [-0.05, 0) is 43.2 Å². The van der Waals surface area contributed by atoms with Crippen molar-refractivity contribution in [3.05, 3.63) is 65.6 Å². The van der Waals surface area contributed by atoms with Crippen LogP contribution in [-0.4, -0.2) is 39.6 Å². The van der Waals surface area contributed by atoms with Crippen LogP contribution < -0.4 is 16.0 Å². The van der Waals surface area contributed by atoms with Crippen LogP contribution >= 0.6 is 24.0 Å². The molecule has 0 aliphatic heterocycles. The number of fused-ring (bicyclic) bond motifs is 1. The highest BCUT2D eigenvalue weighted by atomic mass is 127. The highest BCUT2D eigenvalue weighted by Crippen LogP contribution is 2.07. The number of amides is 1. The third kappa shape index (κ3) is 6.41. The summed E-state index contributed by atoms with van der Waals surface area (Å²) < 4.78 is 1.94. The van der Waals surface area contributed by atoms with Crippen molar-refractivity contribution in [1.82, 2.24) is 30.5 Å². The Kier molecular flexibility index (Phi) is 9.52. The zero-order valence-electron chi connectivity index (χ0n) is 17.3. The molecule has 0 radical (unpaired) electrons. The molecule has 30 heavy (non-hydrogen) atoms. The first-order chi connectivity index (χ1) is 14.2. The molecule has 0 unspecified atom stereocenters. The highest BCUT2D eigenvalue weighted by Gasteiger charge is 2.07. The molecule has 8 nitrogen and oxygen atoms in total. The fourth-order valence-corrected chi connectivity index (χ4v) is 2.84. The van der Waals surface area contributed by atoms with Gasteiger partial charge >= 0.3 is 0 Å². The van der Waals surface area contributed by atoms with Crippen LogP contribution in [-0.2, 0) is 13.1 Å². The Labute approximate surface area is 193 Å². The summed E-state index contributed by atoms with van der Waals surface area (Å²) in [5, 5.41) is 17.8. The molecule has 2 heterocycles. The highest BCUT2D eigenvalue weighted by molar-refractivity contribution is 14.0. The Morgan fingerprint density at radius 2 is 1.93 bits per heavy atom. The van der Waals surface area contributed by atoms with Crippen molar-refractivity contribution in [2.75, 3.05) is 13.1 Å². The number of guanidine groups is 1. The number of hydrogen-bond acceptors (Lipinski definition) is 4. The van der Waals surface area contributed by atoms with Gasteiger partial charge < -0.3 is 16.0 Å². The molecule has 9 heteroatoms. The first-order valence-corrected chi connectivity index (χ1v) is 9.89. The molecule has 2 aromatic heterocycles. The van der Waals surface area contributed by atoms with Gasteiger partial charge in [0.05, 0.1) is 13.1 Å². The van der Waals surface area contributed by atoms with Gasteiger partial charge in [-0.2, -0.15) is 0 Å². The number of aliphatic imine (C=N–C) groups is 1. The lowest BCUT2D eigenvalue weighted by atomic mass is 10.1. The summed E-state index contributed by atoms with van der Waals surface area (Å²) in [6.07, 6.45) is 2.85. The number of carbonyl (C=O) groups excluding carboxylic acids is 1. The Hall–Kier alpha value is -2.69. The smallest absolute Gasteiger partial charge is 0.251 e. The third-order valence-electron chi connectivity index (χ3n) is 4.29. The van der Waals surface area contributed by atoms with Crippen LogP contribution in [0, 0.1) is 0 Å². The number of pyridine rings is 1. The zero-order chi connectivity index (χ0) is 20.5. The maximum absolute atomic E-state index is 12.2. The van der Waals surface area contributed by atoms with Crippen LogP contribution in [0.1, 0.15) is 42.0 Å². The number of aromatic nitrogens is 3. The van der Waals surface area contributed by atoms with E-state index in [4.69, 9.17) is 0 Å². The average molecular weight is 521 g/mol. The molecule has 0 bridgehead atoms. The number of rotatable bonds is 8. The Morgan fingerprint density at radius 1 is 1.07 bits per heavy atom. The van der Waals surface area contributed by atoms with Crippen molar-refractivity contribution in [3.8, 4) is 0 Å². The molecule has 0 atom stereocenters. The average Bonchev–Trinajstić information content (AvgIpc) is 3.17. The SMILES string of the molecule is CCCNC(=O)c1cccc(CN=C(NCC)NCc2nnc3ccccn23)c1.I. The summed E-state index contributed by atoms with van der Waals surface area (Å²) in [6, 6.07) is 13.3. The molecule has 1 amide bonds. The Balaban J connectivity index is 0.00000320. The maximum atomic E-state index is 12.2. The minimum Gasteiger partial charge on any atom is -0.357 e. The summed E-state index contributed by atoms with van der Waals surface area (Å²) >= 11 is 0. The van der Waals surface area contributed by atoms with Gasteiger partial charge in [-0.25, -0.2) is 4.99 Å². The topological polar surface area (TPSA) is 95.7 Å². The van der Waals surface area contributed by atoms with Gasteiger partial charge in [-0.1, -0.05) is 25.1 Å². The lowest BCUT2D eigenvalue weighted by Crippen LogP contribution is -2.37. The molecule has 0 saturated carbocycles. The molecular formula is C21H28IN7O. The molecule has 3 N–H and O–H groups in total. The lowest BCUT2D eigenvalue weighted by Gasteiger charge is -2.11. The predicted molar refractivity (Wildman–Crippen MR) is 129 cm³/mol. The minimum atomic E-state index is -0.0543. The fraction of sp³-hybridized carbons (Fsp3) is 0.333. The molecule has 1 aromatic carbocycles. The van der Waals surface area contributed by atoms with Crippen molar-refractivity contribution in [2.24, 2.45) is 4.99 Å². The first kappa shape index (κ1) is 23.6. The summed E-state index contributed by atoms with van der Waals surface area (Å²) in [4.78, 5) is 16.8. The van der Waals surface area contributed by atoms with Crippen LogP contribution in [0.5, 0.6) is 0 Å². The summed E-state index contributed by atoms with van der Waals surface area (Å²) in [5.41, 5.74) is 2.43. The summed E-state index contributed by atoms with van der Waals surface area (Å²) in [6.45, 7) is 6.42. The molecule has 0 fully saturated rings. The number of carbonyl (C=O) groups is 1. The second-order valence-electron chi connectivity index (χ2n) is 6.55. The summed E-state index contributed by atoms with van der Waals surface area (Å²) in [7, 11) is 0. The van der Waals surface area contributed by atoms with Crippen LogP contribution in [0.4, 0.5) is 0 Å². The van der Waals surface area contributed by atoms with E-state index < -0.39 is 0 Å². The van der Waals surface area contributed by atoms with E-state index in [0.29, 0.717) is 31.2 Å². The van der Waals surface area contributed by atoms with Gasteiger partial charge in [0.25, 0.3) is 5.91 Å². The van der Waals surface area contributed by atoms with Crippen LogP contribution in [0.25, 0.3) is 5.65 Å². The minimum absolute atomic E-state index is 0. The number of hydrogen-bond donors (Lipinski definition) is 3. The number of benzene rings is 1. The molecular weight excluding hydrogens is 493 g/mol. The van der Waals surface area contributed by atoms with Gasteiger partial charge in [-0.15, -0.1) is 34.2 Å². The first-order valence-electron chi connectivity index (χ1n) is 9.89. The van der Waals surface area contributed by atoms with E-state index in [1.54, 1.807) is 0 Å². The molecule has 0 spiro atoms. The molecule has 0 saturated heterocycles. The molecule has 0 aliphatic carbocycles. The van der Waals surface area contributed by atoms with Gasteiger partial charge in [0, 0.05) is 24.8 Å². The van der Waals surface area contributed by atoms with Gasteiger partial charge in [-0.3, -0.25) is 9.20 Å². The number of nitrogens with one attached hydrogen (secondary N) is 3. The van der Waals surface area contributed by atoms with Crippen molar-refractivity contribution in [3.63, 3.8) is 0 Å². The van der Waals surface area contributed by atoms with Crippen molar-refractivity contribution < 1.29 is 4.79 Å². The van der Waals surface area contributed by atoms with E-state index in [-0.39, 0.29) is 29.9 Å². The second kappa shape index (κ2) is 12.1. The normalized spacial score (nSPS) is 11.1. The van der Waals surface area contributed by atoms with Crippen molar-refractivity contribution in [1.29, 1.82) is 0 Å². The van der Waals surface area contributed by atoms with E-state index in [1.165, 1.54) is 0 Å². The lowest BCUT2D eigenvalue weighted by molar-refractivity contribution is 0.0953. The van der Waals surface area contributed by atoms with Crippen LogP contribution in [0.2, 0.25) is 0 Å². The largest absolute Gasteiger partial charge is 0.357 e. The van der Waals surface area contributed by atoms with Gasteiger partial charge in [0.15, 0.2) is 17.4 Å². The van der Waals surface area contributed by atoms with Gasteiger partial charge in [0.2, 0.25) is 0 Å². The second-order valence-corrected chi connectivity index (χ2v) is 6.55. The molecule has 3 aromatic rings. The fourth-order valence-electron chi connectivity index (χ4n) is 2.84. The number of nitrogens with zero attached hydrogens (tertiary/aromatic N) is 4. The summed E-state index contributed by atoms with van der Waals surface area (Å²) in [5.74, 6) is 1.43. The molecule has 3 rings (SSSR count). The van der Waals surface area contributed by atoms with Crippen molar-refractivity contribution in [2.45, 2.75) is 33.4 Å². The van der Waals surface area contributed by atoms with Crippen LogP contribution in [0.3, 0.4) is 0 Å². The third-order valence-corrected chi connectivity index (χ3v) is 4.29. The van der Waals surface area contributed by atoms with Crippen molar-refractivity contribution >= 4 is 41.5 Å². The Morgan fingerprint density at radius 3 is 2.73 bits per heavy atom. The number of halogens is 1. The molecule has 0 aliphatic rings. The van der Waals surface area contributed by atoms with E-state index in [1.807, 2.05) is 66.9 Å². The van der Waals surface area contributed by atoms with Crippen LogP contribution in [0.15, 0.2) is 53.7 Å². The van der Waals surface area contributed by atoms with E-state index in [0.717, 1.165) is 30.0 Å². The monoisotopic (exact) mass is 521 g/mol. The van der Waals surface area contributed by atoms with E-state index in [2.05, 4.69) is 31.1 Å². The quantitative estimate of drug-likeness (QED) is 0.241. The predicted octanol–water partition coefficient (Wildman–Crippen LogP) is 2.74. The maximum Gasteiger partial charge on any atom is 0.251 e. The Bertz CT molecular complexity index is 986. The van der Waals surface area contributed by atoms with E-state index >= 15 is 0 Å². The molecule has 160 valence electrons. The standard InChI is InChI=1S/C21H27N7O.HI/c1-3-11-23-20(29)17-9-7-8-16(13-17)14-24-21(22-4-2)25-15-19-27-26-18-10-5-6-12-28(18)19;/h5-10,12-13H,3-4,11,14-15H2,1-2H3,(H,23,29)(H2,22,24,25);1H. The van der Waals surface area contributed by atoms with E-state index in [9.17, 15) is 4.79 Å². The van der Waals surface area contributed by atoms with Gasteiger partial charge in [0.1, 0.15) is 0 Å². The zero-order valence-corrected chi connectivity index (χ0v) is 19.6.